The Balaban J connectivity index is 2.04. The molecule has 3 rings (SSSR count). The molecule has 0 spiro atoms. The first-order chi connectivity index (χ1) is 12.8. The second kappa shape index (κ2) is 7.31. The molecule has 6 heteroatoms. The van der Waals surface area contributed by atoms with Gasteiger partial charge in [0.15, 0.2) is 11.0 Å². The number of ether oxygens (including phenoxy) is 2. The van der Waals surface area contributed by atoms with E-state index in [-0.39, 0.29) is 34.5 Å². The van der Waals surface area contributed by atoms with Crippen LogP contribution < -0.4 is 10.2 Å². The molecule has 0 unspecified atom stereocenters. The summed E-state index contributed by atoms with van der Waals surface area (Å²) in [6.07, 6.45) is 7.50. The monoisotopic (exact) mass is 370 g/mol. The molecular weight excluding hydrogens is 348 g/mol. The highest BCUT2D eigenvalue weighted by Gasteiger charge is 2.32. The fraction of sp³-hybridized carbons (Fsp3) is 0.333. The Morgan fingerprint density at radius 2 is 2.07 bits per heavy atom. The third-order valence-electron chi connectivity index (χ3n) is 4.25. The Morgan fingerprint density at radius 3 is 2.74 bits per heavy atom. The second-order valence-electron chi connectivity index (χ2n) is 6.78. The Morgan fingerprint density at radius 1 is 1.30 bits per heavy atom. The van der Waals surface area contributed by atoms with Gasteiger partial charge in [-0.2, -0.15) is 0 Å². The maximum absolute atomic E-state index is 12.5. The van der Waals surface area contributed by atoms with E-state index in [9.17, 15) is 14.7 Å². The number of fused-ring (bicyclic) bond motifs is 1. The molecule has 0 radical (unpaired) electrons. The van der Waals surface area contributed by atoms with Crippen LogP contribution in [-0.2, 0) is 9.53 Å². The number of carbonyl (C=O) groups is 1. The highest BCUT2D eigenvalue weighted by Crippen LogP contribution is 2.33. The van der Waals surface area contributed by atoms with Crippen LogP contribution in [0, 0.1) is 0 Å². The number of allylic oxidation sites excluding steroid dienone is 4. The predicted octanol–water partition coefficient (Wildman–Crippen LogP) is 3.95. The number of phenolic OH excluding ortho intramolecular Hbond substituents is 1. The van der Waals surface area contributed by atoms with Crippen molar-refractivity contribution in [2.75, 3.05) is 6.61 Å². The van der Waals surface area contributed by atoms with E-state index in [0.717, 1.165) is 18.4 Å². The van der Waals surface area contributed by atoms with Gasteiger partial charge in [-0.3, -0.25) is 4.79 Å². The second-order valence-corrected chi connectivity index (χ2v) is 6.78. The van der Waals surface area contributed by atoms with Gasteiger partial charge in [0, 0.05) is 18.2 Å². The van der Waals surface area contributed by atoms with Crippen molar-refractivity contribution in [3.63, 3.8) is 0 Å². The number of hydrogen-bond donors (Lipinski definition) is 1. The number of carbonyl (C=O) groups excluding carboxylic acids is 1. The van der Waals surface area contributed by atoms with Crippen molar-refractivity contribution < 1.29 is 23.8 Å². The molecule has 0 atom stereocenters. The smallest absolute Gasteiger partial charge is 0.349 e. The molecule has 1 aliphatic carbocycles. The number of esters is 1. The molecule has 0 aliphatic heterocycles. The summed E-state index contributed by atoms with van der Waals surface area (Å²) in [7, 11) is 0. The minimum absolute atomic E-state index is 0.0759. The van der Waals surface area contributed by atoms with Gasteiger partial charge in [0.2, 0.25) is 0 Å². The zero-order valence-electron chi connectivity index (χ0n) is 15.6. The van der Waals surface area contributed by atoms with Crippen LogP contribution in [0.4, 0.5) is 0 Å². The quantitative estimate of drug-likeness (QED) is 0.802. The highest BCUT2D eigenvalue weighted by molar-refractivity contribution is 5.86. The summed E-state index contributed by atoms with van der Waals surface area (Å²) >= 11 is 0. The first kappa shape index (κ1) is 18.8. The van der Waals surface area contributed by atoms with Gasteiger partial charge in [0.25, 0.3) is 0 Å². The van der Waals surface area contributed by atoms with Gasteiger partial charge in [0.1, 0.15) is 28.2 Å². The average Bonchev–Trinajstić information content (AvgIpc) is 2.61. The number of benzene rings is 1. The van der Waals surface area contributed by atoms with Crippen LogP contribution in [-0.4, -0.2) is 23.3 Å². The Labute approximate surface area is 156 Å². The van der Waals surface area contributed by atoms with E-state index in [2.05, 4.69) is 0 Å². The molecule has 0 amide bonds. The van der Waals surface area contributed by atoms with E-state index in [4.69, 9.17) is 13.9 Å². The summed E-state index contributed by atoms with van der Waals surface area (Å²) in [5.41, 5.74) is -0.489. The lowest BCUT2D eigenvalue weighted by Crippen LogP contribution is -2.39. The number of phenols is 1. The molecule has 1 aromatic carbocycles. The molecule has 0 fully saturated rings. The van der Waals surface area contributed by atoms with Crippen molar-refractivity contribution in [3.8, 4) is 11.5 Å². The molecule has 0 saturated heterocycles. The molecule has 142 valence electrons. The van der Waals surface area contributed by atoms with Crippen molar-refractivity contribution >= 4 is 22.5 Å². The van der Waals surface area contributed by atoms with Gasteiger partial charge < -0.3 is 19.0 Å². The average molecular weight is 370 g/mol. The summed E-state index contributed by atoms with van der Waals surface area (Å²) in [6, 6.07) is 4.18. The molecular formula is C21H22O6. The molecule has 1 heterocycles. The van der Waals surface area contributed by atoms with Crippen molar-refractivity contribution in [3.05, 3.63) is 52.4 Å². The molecule has 1 N–H and O–H groups in total. The van der Waals surface area contributed by atoms with E-state index in [1.807, 2.05) is 18.2 Å². The highest BCUT2D eigenvalue weighted by atomic mass is 16.6. The van der Waals surface area contributed by atoms with Crippen LogP contribution in [0.3, 0.4) is 0 Å². The first-order valence-electron chi connectivity index (χ1n) is 8.85. The van der Waals surface area contributed by atoms with Crippen molar-refractivity contribution in [2.24, 2.45) is 0 Å². The summed E-state index contributed by atoms with van der Waals surface area (Å²) in [5, 5.41) is 10.4. The van der Waals surface area contributed by atoms with E-state index < -0.39 is 11.6 Å². The summed E-state index contributed by atoms with van der Waals surface area (Å²) in [5.74, 6) is -0.132. The summed E-state index contributed by atoms with van der Waals surface area (Å²) < 4.78 is 16.6. The Hall–Kier alpha value is -3.02. The van der Waals surface area contributed by atoms with E-state index in [1.54, 1.807) is 20.8 Å². The van der Waals surface area contributed by atoms with Gasteiger partial charge in [-0.15, -0.1) is 0 Å². The van der Waals surface area contributed by atoms with Gasteiger partial charge in [-0.1, -0.05) is 18.2 Å². The Bertz CT molecular complexity index is 994. The van der Waals surface area contributed by atoms with Crippen molar-refractivity contribution in [2.45, 2.75) is 39.2 Å². The SMILES string of the molecule is CCOC(=O)C(C)(C)Oc1cc(O)c2c(=O)cc(C3=CC=CCC3)oc2c1. The van der Waals surface area contributed by atoms with Crippen molar-refractivity contribution in [1.82, 2.24) is 0 Å². The van der Waals surface area contributed by atoms with Crippen LogP contribution in [0.25, 0.3) is 16.5 Å². The lowest BCUT2D eigenvalue weighted by molar-refractivity contribution is -0.158. The summed E-state index contributed by atoms with van der Waals surface area (Å²) in [6.45, 7) is 5.08. The molecule has 0 saturated carbocycles. The molecule has 0 bridgehead atoms. The van der Waals surface area contributed by atoms with Gasteiger partial charge in [0.05, 0.1) is 6.61 Å². The largest absolute Gasteiger partial charge is 0.507 e. The zero-order chi connectivity index (χ0) is 19.6. The topological polar surface area (TPSA) is 86.0 Å². The minimum Gasteiger partial charge on any atom is -0.507 e. The van der Waals surface area contributed by atoms with Crippen LogP contribution in [0.1, 0.15) is 39.4 Å². The van der Waals surface area contributed by atoms with Gasteiger partial charge in [-0.25, -0.2) is 4.79 Å². The van der Waals surface area contributed by atoms with Crippen LogP contribution in [0.5, 0.6) is 11.5 Å². The molecule has 2 aromatic rings. The lowest BCUT2D eigenvalue weighted by atomic mass is 10.0. The van der Waals surface area contributed by atoms with Crippen LogP contribution in [0.2, 0.25) is 0 Å². The standard InChI is InChI=1S/C21H22O6/c1-4-25-20(24)21(2,3)27-14-10-15(22)19-16(23)12-17(26-18(19)11-14)13-8-6-5-7-9-13/h5-6,8,10-12,22H,4,7,9H2,1-3H3. The minimum atomic E-state index is -1.26. The third kappa shape index (κ3) is 3.89. The predicted molar refractivity (Wildman–Crippen MR) is 102 cm³/mol. The normalized spacial score (nSPS) is 14.1. The molecule has 1 aliphatic rings. The van der Waals surface area contributed by atoms with E-state index in [1.165, 1.54) is 18.2 Å². The van der Waals surface area contributed by atoms with E-state index >= 15 is 0 Å². The summed E-state index contributed by atoms with van der Waals surface area (Å²) in [4.78, 5) is 24.5. The van der Waals surface area contributed by atoms with Crippen molar-refractivity contribution in [1.29, 1.82) is 0 Å². The number of hydrogen-bond acceptors (Lipinski definition) is 6. The maximum Gasteiger partial charge on any atom is 0.349 e. The third-order valence-corrected chi connectivity index (χ3v) is 4.25. The lowest BCUT2D eigenvalue weighted by Gasteiger charge is -2.24. The van der Waals surface area contributed by atoms with E-state index in [0.29, 0.717) is 5.76 Å². The number of rotatable bonds is 5. The fourth-order valence-corrected chi connectivity index (χ4v) is 2.91. The maximum atomic E-state index is 12.5. The molecule has 27 heavy (non-hydrogen) atoms. The van der Waals surface area contributed by atoms with Crippen LogP contribution >= 0.6 is 0 Å². The number of aromatic hydroxyl groups is 1. The Kier molecular flexibility index (Phi) is 5.08. The molecule has 1 aromatic heterocycles. The molecule has 6 nitrogen and oxygen atoms in total. The van der Waals surface area contributed by atoms with Gasteiger partial charge in [-0.05, 0) is 39.2 Å². The fourth-order valence-electron chi connectivity index (χ4n) is 2.91. The van der Waals surface area contributed by atoms with Gasteiger partial charge >= 0.3 is 5.97 Å². The zero-order valence-corrected chi connectivity index (χ0v) is 15.6. The first-order valence-corrected chi connectivity index (χ1v) is 8.85. The van der Waals surface area contributed by atoms with Crippen LogP contribution in [0.15, 0.2) is 45.6 Å².